The second kappa shape index (κ2) is 7.94. The van der Waals surface area contributed by atoms with E-state index >= 15 is 0 Å². The number of nitrogens with one attached hydrogen (secondary N) is 1. The highest BCUT2D eigenvalue weighted by Crippen LogP contribution is 2.11. The topological polar surface area (TPSA) is 32.3 Å². The van der Waals surface area contributed by atoms with E-state index in [2.05, 4.69) is 5.32 Å². The zero-order valence-corrected chi connectivity index (χ0v) is 12.2. The molecular weight excluding hydrogens is 262 g/mol. The molecule has 0 saturated heterocycles. The molecular formula is C15H22F2N2O. The Labute approximate surface area is 119 Å². The Morgan fingerprint density at radius 2 is 2.00 bits per heavy atom. The van der Waals surface area contributed by atoms with E-state index in [1.807, 2.05) is 20.8 Å². The predicted molar refractivity (Wildman–Crippen MR) is 75.2 cm³/mol. The third-order valence-electron chi connectivity index (χ3n) is 2.98. The summed E-state index contributed by atoms with van der Waals surface area (Å²) in [6.45, 7) is 7.36. The van der Waals surface area contributed by atoms with Crippen LogP contribution in [-0.2, 0) is 11.3 Å². The number of benzene rings is 1. The van der Waals surface area contributed by atoms with E-state index < -0.39 is 11.6 Å². The first-order valence-electron chi connectivity index (χ1n) is 6.89. The lowest BCUT2D eigenvalue weighted by Gasteiger charge is -2.21. The number of amides is 1. The van der Waals surface area contributed by atoms with Crippen LogP contribution in [0.2, 0.25) is 0 Å². The molecule has 112 valence electrons. The van der Waals surface area contributed by atoms with E-state index in [1.165, 1.54) is 6.07 Å². The molecule has 5 heteroatoms. The van der Waals surface area contributed by atoms with Crippen LogP contribution in [0.1, 0.15) is 32.8 Å². The van der Waals surface area contributed by atoms with Crippen molar-refractivity contribution in [3.05, 3.63) is 35.4 Å². The Bertz CT molecular complexity index is 449. The van der Waals surface area contributed by atoms with Crippen molar-refractivity contribution in [3.8, 4) is 0 Å². The number of halogens is 2. The molecule has 3 nitrogen and oxygen atoms in total. The molecule has 0 saturated carbocycles. The van der Waals surface area contributed by atoms with Gasteiger partial charge in [-0.1, -0.05) is 19.9 Å². The van der Waals surface area contributed by atoms with E-state index in [9.17, 15) is 13.6 Å². The van der Waals surface area contributed by atoms with E-state index in [0.29, 0.717) is 37.7 Å². The summed E-state index contributed by atoms with van der Waals surface area (Å²) in [6, 6.07) is 4.06. The maximum atomic E-state index is 13.1. The number of rotatable bonds is 7. The van der Waals surface area contributed by atoms with Crippen molar-refractivity contribution in [2.45, 2.75) is 39.8 Å². The van der Waals surface area contributed by atoms with E-state index in [-0.39, 0.29) is 5.91 Å². The molecule has 0 aliphatic rings. The lowest BCUT2D eigenvalue weighted by Crippen LogP contribution is -2.34. The summed E-state index contributed by atoms with van der Waals surface area (Å²) in [5, 5.41) is 3.18. The van der Waals surface area contributed by atoms with Gasteiger partial charge in [0.2, 0.25) is 5.91 Å². The molecule has 0 heterocycles. The molecule has 1 amide bonds. The second-order valence-corrected chi connectivity index (χ2v) is 5.02. The molecule has 0 aliphatic heterocycles. The van der Waals surface area contributed by atoms with Crippen LogP contribution in [0, 0.1) is 11.6 Å². The Balaban J connectivity index is 2.57. The summed E-state index contributed by atoms with van der Waals surface area (Å²) >= 11 is 0. The zero-order valence-electron chi connectivity index (χ0n) is 12.2. The fourth-order valence-electron chi connectivity index (χ4n) is 1.86. The number of hydrogen-bond acceptors (Lipinski definition) is 2. The van der Waals surface area contributed by atoms with Crippen molar-refractivity contribution in [2.75, 3.05) is 13.1 Å². The van der Waals surface area contributed by atoms with Gasteiger partial charge in [-0.15, -0.1) is 0 Å². The zero-order chi connectivity index (χ0) is 15.1. The minimum atomic E-state index is -0.882. The van der Waals surface area contributed by atoms with Crippen LogP contribution < -0.4 is 5.32 Å². The highest BCUT2D eigenvalue weighted by atomic mass is 19.2. The van der Waals surface area contributed by atoms with Gasteiger partial charge in [0.1, 0.15) is 0 Å². The fourth-order valence-corrected chi connectivity index (χ4v) is 1.86. The SMILES string of the molecule is CCN(Cc1ccc(F)c(F)c1)C(=O)CCNC(C)C. The smallest absolute Gasteiger partial charge is 0.224 e. The minimum Gasteiger partial charge on any atom is -0.339 e. The van der Waals surface area contributed by atoms with Crippen LogP contribution in [-0.4, -0.2) is 29.9 Å². The lowest BCUT2D eigenvalue weighted by atomic mass is 10.2. The van der Waals surface area contributed by atoms with Gasteiger partial charge in [0.25, 0.3) is 0 Å². The van der Waals surface area contributed by atoms with Gasteiger partial charge in [-0.05, 0) is 24.6 Å². The van der Waals surface area contributed by atoms with Crippen molar-refractivity contribution < 1.29 is 13.6 Å². The Kier molecular flexibility index (Phi) is 6.58. The maximum absolute atomic E-state index is 13.1. The Morgan fingerprint density at radius 1 is 1.30 bits per heavy atom. The van der Waals surface area contributed by atoms with Gasteiger partial charge >= 0.3 is 0 Å². The van der Waals surface area contributed by atoms with Crippen molar-refractivity contribution in [1.29, 1.82) is 0 Å². The predicted octanol–water partition coefficient (Wildman–Crippen LogP) is 2.70. The molecule has 0 unspecified atom stereocenters. The quantitative estimate of drug-likeness (QED) is 0.835. The average molecular weight is 284 g/mol. The van der Waals surface area contributed by atoms with Crippen LogP contribution >= 0.6 is 0 Å². The monoisotopic (exact) mass is 284 g/mol. The molecule has 0 aliphatic carbocycles. The molecule has 1 N–H and O–H groups in total. The first kappa shape index (κ1) is 16.6. The molecule has 1 aromatic rings. The highest BCUT2D eigenvalue weighted by Gasteiger charge is 2.13. The maximum Gasteiger partial charge on any atom is 0.224 e. The van der Waals surface area contributed by atoms with Crippen molar-refractivity contribution in [3.63, 3.8) is 0 Å². The van der Waals surface area contributed by atoms with Crippen LogP contribution in [0.3, 0.4) is 0 Å². The molecule has 20 heavy (non-hydrogen) atoms. The summed E-state index contributed by atoms with van der Waals surface area (Å²) in [5.41, 5.74) is 0.593. The van der Waals surface area contributed by atoms with Gasteiger partial charge in [-0.3, -0.25) is 4.79 Å². The van der Waals surface area contributed by atoms with E-state index in [0.717, 1.165) is 12.1 Å². The van der Waals surface area contributed by atoms with Gasteiger partial charge < -0.3 is 10.2 Å². The highest BCUT2D eigenvalue weighted by molar-refractivity contribution is 5.76. The van der Waals surface area contributed by atoms with Gasteiger partial charge in [-0.25, -0.2) is 8.78 Å². The van der Waals surface area contributed by atoms with Crippen molar-refractivity contribution in [1.82, 2.24) is 10.2 Å². The van der Waals surface area contributed by atoms with Gasteiger partial charge in [0.05, 0.1) is 0 Å². The average Bonchev–Trinajstić information content (AvgIpc) is 2.39. The number of nitrogens with zero attached hydrogens (tertiary/aromatic N) is 1. The van der Waals surface area contributed by atoms with Crippen LogP contribution in [0.4, 0.5) is 8.78 Å². The molecule has 0 aromatic heterocycles. The first-order valence-corrected chi connectivity index (χ1v) is 6.89. The summed E-state index contributed by atoms with van der Waals surface area (Å²) in [7, 11) is 0. The molecule has 0 fully saturated rings. The normalized spacial score (nSPS) is 10.9. The molecule has 0 bridgehead atoms. The number of hydrogen-bond donors (Lipinski definition) is 1. The first-order chi connectivity index (χ1) is 9.43. The van der Waals surface area contributed by atoms with Crippen LogP contribution in [0.15, 0.2) is 18.2 Å². The summed E-state index contributed by atoms with van der Waals surface area (Å²) in [6.07, 6.45) is 0.399. The molecule has 1 aromatic carbocycles. The van der Waals surface area contributed by atoms with Gasteiger partial charge in [0, 0.05) is 32.1 Å². The van der Waals surface area contributed by atoms with Crippen LogP contribution in [0.25, 0.3) is 0 Å². The molecule has 0 radical (unpaired) electrons. The van der Waals surface area contributed by atoms with Gasteiger partial charge in [0.15, 0.2) is 11.6 Å². The number of carbonyl (C=O) groups is 1. The van der Waals surface area contributed by atoms with Crippen molar-refractivity contribution in [2.24, 2.45) is 0 Å². The van der Waals surface area contributed by atoms with E-state index in [1.54, 1.807) is 4.90 Å². The van der Waals surface area contributed by atoms with E-state index in [4.69, 9.17) is 0 Å². The second-order valence-electron chi connectivity index (χ2n) is 5.02. The molecule has 1 rings (SSSR count). The largest absolute Gasteiger partial charge is 0.339 e. The van der Waals surface area contributed by atoms with Crippen LogP contribution in [0.5, 0.6) is 0 Å². The standard InChI is InChI=1S/C15H22F2N2O/c1-4-19(15(20)7-8-18-11(2)3)10-12-5-6-13(16)14(17)9-12/h5-6,9,11,18H,4,7-8,10H2,1-3H3. The Hall–Kier alpha value is -1.49. The lowest BCUT2D eigenvalue weighted by molar-refractivity contribution is -0.131. The summed E-state index contributed by atoms with van der Waals surface area (Å²) in [4.78, 5) is 13.7. The minimum absolute atomic E-state index is 0.00498. The summed E-state index contributed by atoms with van der Waals surface area (Å²) in [5.74, 6) is -1.75. The number of carbonyl (C=O) groups excluding carboxylic acids is 1. The molecule has 0 spiro atoms. The molecule has 0 atom stereocenters. The third-order valence-corrected chi connectivity index (χ3v) is 2.98. The third kappa shape index (κ3) is 5.25. The Morgan fingerprint density at radius 3 is 2.55 bits per heavy atom. The van der Waals surface area contributed by atoms with Gasteiger partial charge in [-0.2, -0.15) is 0 Å². The summed E-state index contributed by atoms with van der Waals surface area (Å²) < 4.78 is 26.0. The fraction of sp³-hybridized carbons (Fsp3) is 0.533. The van der Waals surface area contributed by atoms with Crippen molar-refractivity contribution >= 4 is 5.91 Å².